The molecule has 1 fully saturated rings. The van der Waals surface area contributed by atoms with Crippen molar-refractivity contribution in [2.24, 2.45) is 5.73 Å². The molecule has 0 spiro atoms. The summed E-state index contributed by atoms with van der Waals surface area (Å²) in [5.74, 6) is -0.223. The maximum absolute atomic E-state index is 11.4. The maximum Gasteiger partial charge on any atom is 0.308 e. The Morgan fingerprint density at radius 3 is 2.68 bits per heavy atom. The SMILES string of the molecule is C[C@]1(O)CC(=O)O[C@H](CCCCc2ccc(C(=N)N)cc2)C1. The van der Waals surface area contributed by atoms with Crippen LogP contribution in [0.1, 0.15) is 50.2 Å². The first kappa shape index (κ1) is 16.5. The van der Waals surface area contributed by atoms with Crippen molar-refractivity contribution < 1.29 is 14.6 Å². The minimum Gasteiger partial charge on any atom is -0.462 e. The zero-order chi connectivity index (χ0) is 16.2. The fourth-order valence-corrected chi connectivity index (χ4v) is 2.86. The van der Waals surface area contributed by atoms with Gasteiger partial charge in [0.1, 0.15) is 11.9 Å². The number of nitrogen functional groups attached to an aromatic ring is 1. The van der Waals surface area contributed by atoms with Gasteiger partial charge in [-0.1, -0.05) is 24.3 Å². The lowest BCUT2D eigenvalue weighted by molar-refractivity contribution is -0.168. The number of amidine groups is 1. The first-order valence-corrected chi connectivity index (χ1v) is 7.71. The van der Waals surface area contributed by atoms with Crippen LogP contribution in [0, 0.1) is 5.41 Å². The largest absolute Gasteiger partial charge is 0.462 e. The lowest BCUT2D eigenvalue weighted by atomic mass is 9.90. The van der Waals surface area contributed by atoms with E-state index in [1.54, 1.807) is 6.92 Å². The van der Waals surface area contributed by atoms with Gasteiger partial charge in [0, 0.05) is 12.0 Å². The van der Waals surface area contributed by atoms with Crippen molar-refractivity contribution in [3.05, 3.63) is 35.4 Å². The molecule has 0 radical (unpaired) electrons. The molecule has 1 aliphatic rings. The van der Waals surface area contributed by atoms with Gasteiger partial charge in [0.15, 0.2) is 0 Å². The number of unbranched alkanes of at least 4 members (excludes halogenated alkanes) is 1. The van der Waals surface area contributed by atoms with Crippen LogP contribution in [0.3, 0.4) is 0 Å². The van der Waals surface area contributed by atoms with Gasteiger partial charge in [-0.05, 0) is 38.2 Å². The third kappa shape index (κ3) is 4.84. The van der Waals surface area contributed by atoms with E-state index < -0.39 is 5.60 Å². The van der Waals surface area contributed by atoms with Gasteiger partial charge in [-0.2, -0.15) is 0 Å². The van der Waals surface area contributed by atoms with E-state index >= 15 is 0 Å². The maximum atomic E-state index is 11.4. The lowest BCUT2D eigenvalue weighted by Crippen LogP contribution is -2.40. The number of aliphatic hydroxyl groups is 1. The lowest BCUT2D eigenvalue weighted by Gasteiger charge is -2.33. The van der Waals surface area contributed by atoms with Crippen molar-refractivity contribution in [2.45, 2.75) is 57.2 Å². The number of rotatable bonds is 6. The topological polar surface area (TPSA) is 96.4 Å². The molecule has 0 aromatic heterocycles. The Labute approximate surface area is 131 Å². The van der Waals surface area contributed by atoms with Gasteiger partial charge in [0.05, 0.1) is 12.0 Å². The normalized spacial score (nSPS) is 24.8. The zero-order valence-corrected chi connectivity index (χ0v) is 13.0. The van der Waals surface area contributed by atoms with Crippen molar-refractivity contribution in [3.63, 3.8) is 0 Å². The predicted molar refractivity (Wildman–Crippen MR) is 84.8 cm³/mol. The summed E-state index contributed by atoms with van der Waals surface area (Å²) in [5.41, 5.74) is 6.44. The standard InChI is InChI=1S/C17H24N2O3/c1-17(21)10-14(22-15(20)11-17)5-3-2-4-12-6-8-13(9-7-12)16(18)19/h6-9,14,21H,2-5,10-11H2,1H3,(H3,18,19)/t14-,17-/m1/s1. The Balaban J connectivity index is 1.73. The molecule has 0 unspecified atom stereocenters. The molecular weight excluding hydrogens is 280 g/mol. The number of carbonyl (C=O) groups excluding carboxylic acids is 1. The zero-order valence-electron chi connectivity index (χ0n) is 13.0. The average molecular weight is 304 g/mol. The second-order valence-corrected chi connectivity index (χ2v) is 6.35. The van der Waals surface area contributed by atoms with Crippen LogP contribution in [-0.2, 0) is 16.0 Å². The molecule has 120 valence electrons. The number of hydrogen-bond donors (Lipinski definition) is 3. The Morgan fingerprint density at radius 2 is 2.09 bits per heavy atom. The summed E-state index contributed by atoms with van der Waals surface area (Å²) in [6, 6.07) is 7.69. The Hall–Kier alpha value is -1.88. The van der Waals surface area contributed by atoms with E-state index in [4.69, 9.17) is 15.9 Å². The molecule has 0 saturated carbocycles. The highest BCUT2D eigenvalue weighted by Gasteiger charge is 2.35. The van der Waals surface area contributed by atoms with Crippen molar-refractivity contribution in [1.82, 2.24) is 0 Å². The summed E-state index contributed by atoms with van der Waals surface area (Å²) >= 11 is 0. The summed E-state index contributed by atoms with van der Waals surface area (Å²) in [6.45, 7) is 1.69. The molecule has 2 rings (SSSR count). The highest BCUT2D eigenvalue weighted by atomic mass is 16.5. The predicted octanol–water partition coefficient (Wildman–Crippen LogP) is 2.14. The molecule has 0 amide bonds. The molecule has 4 N–H and O–H groups in total. The van der Waals surface area contributed by atoms with E-state index in [1.165, 1.54) is 5.56 Å². The fraction of sp³-hybridized carbons (Fsp3) is 0.529. The number of aryl methyl sites for hydroxylation is 1. The van der Waals surface area contributed by atoms with Crippen LogP contribution in [-0.4, -0.2) is 28.6 Å². The summed E-state index contributed by atoms with van der Waals surface area (Å²) < 4.78 is 5.28. The number of cyclic esters (lactones) is 1. The first-order valence-electron chi connectivity index (χ1n) is 7.71. The van der Waals surface area contributed by atoms with Crippen molar-refractivity contribution in [3.8, 4) is 0 Å². The van der Waals surface area contributed by atoms with Crippen molar-refractivity contribution in [1.29, 1.82) is 5.41 Å². The van der Waals surface area contributed by atoms with Crippen LogP contribution in [0.25, 0.3) is 0 Å². The van der Waals surface area contributed by atoms with Gasteiger partial charge < -0.3 is 15.6 Å². The van der Waals surface area contributed by atoms with Gasteiger partial charge in [0.25, 0.3) is 0 Å². The quantitative estimate of drug-likeness (QED) is 0.325. The third-order valence-electron chi connectivity index (χ3n) is 4.00. The van der Waals surface area contributed by atoms with Gasteiger partial charge in [0.2, 0.25) is 0 Å². The van der Waals surface area contributed by atoms with Gasteiger partial charge in [-0.25, -0.2) is 0 Å². The van der Waals surface area contributed by atoms with Gasteiger partial charge >= 0.3 is 5.97 Å². The molecule has 5 heteroatoms. The van der Waals surface area contributed by atoms with Gasteiger partial charge in [-0.3, -0.25) is 10.2 Å². The molecule has 1 aromatic carbocycles. The van der Waals surface area contributed by atoms with Crippen LogP contribution in [0.5, 0.6) is 0 Å². The van der Waals surface area contributed by atoms with Gasteiger partial charge in [-0.15, -0.1) is 0 Å². The molecule has 22 heavy (non-hydrogen) atoms. The number of esters is 1. The van der Waals surface area contributed by atoms with E-state index in [9.17, 15) is 9.90 Å². The van der Waals surface area contributed by atoms with E-state index in [0.29, 0.717) is 6.42 Å². The Kier molecular flexibility index (Phi) is 5.19. The monoisotopic (exact) mass is 304 g/mol. The molecule has 1 aromatic rings. The molecule has 0 bridgehead atoms. The molecule has 2 atom stereocenters. The molecular formula is C17H24N2O3. The summed E-state index contributed by atoms with van der Waals surface area (Å²) in [6.07, 6.45) is 4.11. The number of ether oxygens (including phenoxy) is 1. The van der Waals surface area contributed by atoms with Crippen LogP contribution in [0.2, 0.25) is 0 Å². The van der Waals surface area contributed by atoms with Crippen molar-refractivity contribution >= 4 is 11.8 Å². The second-order valence-electron chi connectivity index (χ2n) is 6.35. The number of benzene rings is 1. The summed E-state index contributed by atoms with van der Waals surface area (Å²) in [7, 11) is 0. The smallest absolute Gasteiger partial charge is 0.308 e. The van der Waals surface area contributed by atoms with Crippen LogP contribution in [0.15, 0.2) is 24.3 Å². The van der Waals surface area contributed by atoms with E-state index in [1.807, 2.05) is 24.3 Å². The van der Waals surface area contributed by atoms with E-state index in [-0.39, 0.29) is 24.3 Å². The fourth-order valence-electron chi connectivity index (χ4n) is 2.86. The Morgan fingerprint density at radius 1 is 1.41 bits per heavy atom. The summed E-state index contributed by atoms with van der Waals surface area (Å²) in [5, 5.41) is 17.3. The first-order chi connectivity index (χ1) is 10.4. The molecule has 1 saturated heterocycles. The van der Waals surface area contributed by atoms with E-state index in [2.05, 4.69) is 0 Å². The van der Waals surface area contributed by atoms with E-state index in [0.717, 1.165) is 31.2 Å². The minimum absolute atomic E-state index is 0.0812. The number of nitrogens with one attached hydrogen (secondary N) is 1. The third-order valence-corrected chi connectivity index (χ3v) is 4.00. The average Bonchev–Trinajstić information content (AvgIpc) is 2.42. The molecule has 1 aliphatic heterocycles. The minimum atomic E-state index is -0.928. The Bertz CT molecular complexity index is 537. The second kappa shape index (κ2) is 6.92. The number of carbonyl (C=O) groups is 1. The van der Waals surface area contributed by atoms with Crippen LogP contribution >= 0.6 is 0 Å². The summed E-state index contributed by atoms with van der Waals surface area (Å²) in [4.78, 5) is 11.4. The number of nitrogens with two attached hydrogens (primary N) is 1. The highest BCUT2D eigenvalue weighted by Crippen LogP contribution is 2.27. The van der Waals surface area contributed by atoms with Crippen LogP contribution in [0.4, 0.5) is 0 Å². The molecule has 0 aliphatic carbocycles. The van der Waals surface area contributed by atoms with Crippen LogP contribution < -0.4 is 5.73 Å². The van der Waals surface area contributed by atoms with Crippen molar-refractivity contribution in [2.75, 3.05) is 0 Å². The molecule has 5 nitrogen and oxygen atoms in total. The molecule has 1 heterocycles. The number of hydrogen-bond acceptors (Lipinski definition) is 4. The highest BCUT2D eigenvalue weighted by molar-refractivity contribution is 5.94.